The zero-order valence-electron chi connectivity index (χ0n) is 17.5. The number of ether oxygens (including phenoxy) is 1. The smallest absolute Gasteiger partial charge is 0.325 e. The van der Waals surface area contributed by atoms with Crippen molar-refractivity contribution in [3.63, 3.8) is 0 Å². The molecule has 12 heteroatoms. The number of amides is 6. The van der Waals surface area contributed by atoms with Crippen molar-refractivity contribution in [3.05, 3.63) is 35.9 Å². The largest absolute Gasteiger partial charge is 0.439 e. The normalized spacial score (nSPS) is 21.2. The van der Waals surface area contributed by atoms with Gasteiger partial charge in [-0.2, -0.15) is 0 Å². The fourth-order valence-corrected chi connectivity index (χ4v) is 3.33. The van der Waals surface area contributed by atoms with Gasteiger partial charge in [0.25, 0.3) is 5.91 Å². The average Bonchev–Trinajstić information content (AvgIpc) is 2.77. The van der Waals surface area contributed by atoms with E-state index in [1.165, 1.54) is 4.90 Å². The minimum Gasteiger partial charge on any atom is -0.439 e. The summed E-state index contributed by atoms with van der Waals surface area (Å²) < 4.78 is 4.91. The van der Waals surface area contributed by atoms with E-state index in [4.69, 9.17) is 4.74 Å². The summed E-state index contributed by atoms with van der Waals surface area (Å²) in [6.45, 7) is 3.38. The van der Waals surface area contributed by atoms with Crippen LogP contribution in [-0.2, 0) is 28.7 Å². The number of carbonyl (C=O) groups is 6. The molecule has 3 rings (SSSR count). The lowest BCUT2D eigenvalue weighted by Crippen LogP contribution is -2.71. The number of β-lactam (4-membered cyclic amide) rings is 1. The van der Waals surface area contributed by atoms with Crippen molar-refractivity contribution in [2.45, 2.75) is 32.2 Å². The third-order valence-electron chi connectivity index (χ3n) is 5.06. The molecule has 0 aliphatic carbocycles. The van der Waals surface area contributed by atoms with E-state index in [-0.39, 0.29) is 13.1 Å². The molecule has 2 aliphatic heterocycles. The second kappa shape index (κ2) is 9.45. The van der Waals surface area contributed by atoms with Gasteiger partial charge in [0.1, 0.15) is 6.04 Å². The van der Waals surface area contributed by atoms with E-state index in [0.717, 1.165) is 11.8 Å². The van der Waals surface area contributed by atoms with Crippen LogP contribution in [0.15, 0.2) is 30.3 Å². The maximum absolute atomic E-state index is 13.0. The van der Waals surface area contributed by atoms with Crippen LogP contribution in [0.1, 0.15) is 25.5 Å². The first kappa shape index (κ1) is 22.7. The highest BCUT2D eigenvalue weighted by molar-refractivity contribution is 6.38. The van der Waals surface area contributed by atoms with Gasteiger partial charge in [0.15, 0.2) is 6.04 Å². The van der Waals surface area contributed by atoms with Crippen molar-refractivity contribution in [3.8, 4) is 0 Å². The highest BCUT2D eigenvalue weighted by Gasteiger charge is 2.44. The van der Waals surface area contributed by atoms with Crippen LogP contribution in [-0.4, -0.2) is 77.3 Å². The summed E-state index contributed by atoms with van der Waals surface area (Å²) >= 11 is 0. The highest BCUT2D eigenvalue weighted by Crippen LogP contribution is 2.17. The van der Waals surface area contributed by atoms with Gasteiger partial charge in [-0.25, -0.2) is 4.79 Å². The summed E-state index contributed by atoms with van der Waals surface area (Å²) in [4.78, 5) is 75.2. The van der Waals surface area contributed by atoms with Crippen molar-refractivity contribution in [1.82, 2.24) is 25.8 Å². The Morgan fingerprint density at radius 3 is 2.41 bits per heavy atom. The summed E-state index contributed by atoms with van der Waals surface area (Å²) in [6.07, 6.45) is -1.03. The Hall–Kier alpha value is -3.96. The lowest BCUT2D eigenvalue weighted by molar-refractivity contribution is -0.164. The Bertz CT molecular complexity index is 951. The van der Waals surface area contributed by atoms with Crippen LogP contribution in [0.4, 0.5) is 4.79 Å². The molecule has 1 aromatic rings. The lowest BCUT2D eigenvalue weighted by Gasteiger charge is -2.37. The number of imide groups is 1. The van der Waals surface area contributed by atoms with E-state index >= 15 is 0 Å². The van der Waals surface area contributed by atoms with Crippen molar-refractivity contribution in [2.24, 2.45) is 0 Å². The Morgan fingerprint density at radius 1 is 1.12 bits per heavy atom. The van der Waals surface area contributed by atoms with Gasteiger partial charge in [-0.15, -0.1) is 0 Å². The molecule has 2 heterocycles. The minimum absolute atomic E-state index is 0.0209. The first-order valence-electron chi connectivity index (χ1n) is 9.97. The molecule has 0 spiro atoms. The second-order valence-corrected chi connectivity index (χ2v) is 7.16. The van der Waals surface area contributed by atoms with Crippen LogP contribution in [0.2, 0.25) is 0 Å². The van der Waals surface area contributed by atoms with E-state index in [1.54, 1.807) is 37.3 Å². The van der Waals surface area contributed by atoms with E-state index in [1.807, 2.05) is 0 Å². The molecule has 0 bridgehead atoms. The van der Waals surface area contributed by atoms with Crippen molar-refractivity contribution in [2.75, 3.05) is 19.6 Å². The Balaban J connectivity index is 1.75. The summed E-state index contributed by atoms with van der Waals surface area (Å²) in [5, 5.41) is 7.24. The van der Waals surface area contributed by atoms with Crippen molar-refractivity contribution >= 4 is 35.6 Å². The fourth-order valence-electron chi connectivity index (χ4n) is 3.33. The quantitative estimate of drug-likeness (QED) is 0.277. The van der Waals surface area contributed by atoms with Crippen LogP contribution < -0.4 is 16.0 Å². The standard InChI is InChI=1S/C20H23N5O7/c1-3-24-9-10-25(19(30)18(24)29)20(31)22-13(12-7-5-4-6-8-12)15(27)21-14-16(28)23-17(14)32-11(2)26/h4-8,13-14,17H,3,9-10H2,1-2H3,(H,21,27)(H,22,31)(H,23,28)/t13?,14-,17+/m1/s1. The molecule has 12 nitrogen and oxygen atoms in total. The maximum atomic E-state index is 13.0. The van der Waals surface area contributed by atoms with Gasteiger partial charge in [-0.05, 0) is 12.5 Å². The molecule has 6 amide bonds. The van der Waals surface area contributed by atoms with Crippen LogP contribution in [0.25, 0.3) is 0 Å². The third-order valence-corrected chi connectivity index (χ3v) is 5.06. The number of benzene rings is 1. The number of piperazine rings is 1. The number of hydrogen-bond donors (Lipinski definition) is 3. The predicted octanol–water partition coefficient (Wildman–Crippen LogP) is -1.37. The van der Waals surface area contributed by atoms with Crippen molar-refractivity contribution in [1.29, 1.82) is 0 Å². The molecule has 2 fully saturated rings. The molecule has 2 saturated heterocycles. The molecule has 2 aliphatic rings. The van der Waals surface area contributed by atoms with Crippen LogP contribution in [0.5, 0.6) is 0 Å². The molecule has 0 saturated carbocycles. The number of esters is 1. The number of nitrogens with zero attached hydrogens (tertiary/aromatic N) is 2. The van der Waals surface area contributed by atoms with Gasteiger partial charge in [0.2, 0.25) is 12.1 Å². The SMILES string of the molecule is CCN1CCN(C(=O)NC(C(=O)N[C@@H]2C(=O)N[C@H]2OC(C)=O)c2ccccc2)C(=O)C1=O. The maximum Gasteiger partial charge on any atom is 0.325 e. The lowest BCUT2D eigenvalue weighted by atomic mass is 10.0. The molecule has 170 valence electrons. The monoisotopic (exact) mass is 445 g/mol. The van der Waals surface area contributed by atoms with Gasteiger partial charge in [0.05, 0.1) is 0 Å². The Kier molecular flexibility index (Phi) is 6.71. The molecular formula is C20H23N5O7. The topological polar surface area (TPSA) is 154 Å². The van der Waals surface area contributed by atoms with Crippen LogP contribution in [0.3, 0.4) is 0 Å². The molecule has 1 unspecified atom stereocenters. The first-order chi connectivity index (χ1) is 15.2. The van der Waals surface area contributed by atoms with Gasteiger partial charge in [0, 0.05) is 26.6 Å². The van der Waals surface area contributed by atoms with E-state index in [9.17, 15) is 28.8 Å². The van der Waals surface area contributed by atoms with E-state index in [0.29, 0.717) is 12.1 Å². The van der Waals surface area contributed by atoms with E-state index < -0.39 is 53.9 Å². The van der Waals surface area contributed by atoms with Gasteiger partial charge in [-0.3, -0.25) is 28.9 Å². The molecular weight excluding hydrogens is 422 g/mol. The molecule has 1 aromatic carbocycles. The zero-order chi connectivity index (χ0) is 23.4. The number of rotatable bonds is 6. The van der Waals surface area contributed by atoms with Crippen LogP contribution >= 0.6 is 0 Å². The highest BCUT2D eigenvalue weighted by atomic mass is 16.6. The number of hydrogen-bond acceptors (Lipinski definition) is 7. The minimum atomic E-state index is -1.28. The summed E-state index contributed by atoms with van der Waals surface area (Å²) in [5.41, 5.74) is 0.382. The fraction of sp³-hybridized carbons (Fsp3) is 0.400. The molecule has 0 aromatic heterocycles. The Morgan fingerprint density at radius 2 is 1.81 bits per heavy atom. The summed E-state index contributed by atoms with van der Waals surface area (Å²) in [7, 11) is 0. The van der Waals surface area contributed by atoms with Gasteiger partial charge >= 0.3 is 23.8 Å². The average molecular weight is 445 g/mol. The second-order valence-electron chi connectivity index (χ2n) is 7.16. The van der Waals surface area contributed by atoms with E-state index in [2.05, 4.69) is 16.0 Å². The number of carbonyl (C=O) groups excluding carboxylic acids is 6. The Labute approximate surface area is 183 Å². The number of likely N-dealkylation sites (N-methyl/N-ethyl adjacent to an activating group) is 1. The molecule has 0 radical (unpaired) electrons. The number of nitrogens with one attached hydrogen (secondary N) is 3. The third kappa shape index (κ3) is 4.68. The summed E-state index contributed by atoms with van der Waals surface area (Å²) in [5.74, 6) is -3.75. The van der Waals surface area contributed by atoms with Gasteiger partial charge < -0.3 is 25.6 Å². The van der Waals surface area contributed by atoms with Crippen molar-refractivity contribution < 1.29 is 33.5 Å². The number of urea groups is 1. The first-order valence-corrected chi connectivity index (χ1v) is 9.97. The van der Waals surface area contributed by atoms with Crippen LogP contribution in [0, 0.1) is 0 Å². The molecule has 3 atom stereocenters. The predicted molar refractivity (Wildman–Crippen MR) is 107 cm³/mol. The van der Waals surface area contributed by atoms with Gasteiger partial charge in [-0.1, -0.05) is 30.3 Å². The summed E-state index contributed by atoms with van der Waals surface area (Å²) in [6, 6.07) is 4.84. The zero-order valence-corrected chi connectivity index (χ0v) is 17.5. The molecule has 32 heavy (non-hydrogen) atoms. The molecule has 3 N–H and O–H groups in total.